The molecule has 0 saturated heterocycles. The Kier molecular flexibility index (Phi) is 7.68. The van der Waals surface area contributed by atoms with E-state index >= 15 is 0 Å². The third kappa shape index (κ3) is 4.49. The van der Waals surface area contributed by atoms with Crippen LogP contribution in [0, 0.1) is 5.92 Å². The van der Waals surface area contributed by atoms with Gasteiger partial charge < -0.3 is 14.8 Å². The summed E-state index contributed by atoms with van der Waals surface area (Å²) in [6.07, 6.45) is 1.98. The molecule has 6 nitrogen and oxygen atoms in total. The van der Waals surface area contributed by atoms with Crippen LogP contribution in [0.4, 0.5) is 0 Å². The van der Waals surface area contributed by atoms with Gasteiger partial charge in [0.15, 0.2) is 5.78 Å². The first-order valence-corrected chi connectivity index (χ1v) is 13.5. The predicted octanol–water partition coefficient (Wildman–Crippen LogP) is 5.30. The number of ether oxygens (including phenoxy) is 2. The maximum atomic E-state index is 14.1. The molecule has 0 bridgehead atoms. The number of carbonyl (C=O) groups excluding carboxylic acids is 3. The van der Waals surface area contributed by atoms with Crippen molar-refractivity contribution in [3.63, 3.8) is 0 Å². The maximum Gasteiger partial charge on any atom is 0.336 e. The zero-order valence-corrected chi connectivity index (χ0v) is 21.2. The molecule has 2 aliphatic rings. The summed E-state index contributed by atoms with van der Waals surface area (Å²) in [4.78, 5) is 41.4. The van der Waals surface area contributed by atoms with E-state index < -0.39 is 23.8 Å². The molecular weight excluding hydrogens is 470 g/mol. The van der Waals surface area contributed by atoms with E-state index in [0.717, 1.165) is 28.3 Å². The number of rotatable bonds is 8. The fourth-order valence-electron chi connectivity index (χ4n) is 4.89. The Labute approximate surface area is 207 Å². The molecule has 0 radical (unpaired) electrons. The van der Waals surface area contributed by atoms with Crippen LogP contribution < -0.4 is 5.32 Å². The molecule has 1 N–H and O–H groups in total. The van der Waals surface area contributed by atoms with E-state index in [1.54, 1.807) is 13.8 Å². The van der Waals surface area contributed by atoms with Gasteiger partial charge in [0.05, 0.1) is 18.8 Å². The number of esters is 2. The summed E-state index contributed by atoms with van der Waals surface area (Å²) >= 11 is 3.05. The zero-order valence-electron chi connectivity index (χ0n) is 19.6. The number of dihydropyridines is 1. The molecule has 0 amide bonds. The summed E-state index contributed by atoms with van der Waals surface area (Å²) in [7, 11) is 0. The average Bonchev–Trinajstić information content (AvgIpc) is 3.53. The Morgan fingerprint density at radius 3 is 2.53 bits per heavy atom. The second-order valence-electron chi connectivity index (χ2n) is 8.29. The van der Waals surface area contributed by atoms with E-state index in [9.17, 15) is 14.4 Å². The molecular formula is C26H29NO5S2. The Morgan fingerprint density at radius 1 is 1.12 bits per heavy atom. The fourth-order valence-corrected chi connectivity index (χ4v) is 6.44. The fraction of sp³-hybridized carbons (Fsp3) is 0.423. The van der Waals surface area contributed by atoms with Crippen LogP contribution in [-0.4, -0.2) is 30.9 Å². The molecule has 0 fully saturated rings. The van der Waals surface area contributed by atoms with Gasteiger partial charge in [0.1, 0.15) is 5.92 Å². The zero-order chi connectivity index (χ0) is 24.2. The highest BCUT2D eigenvalue weighted by Gasteiger charge is 2.49. The molecule has 1 aliphatic carbocycles. The van der Waals surface area contributed by atoms with Gasteiger partial charge in [-0.15, -0.1) is 11.3 Å². The summed E-state index contributed by atoms with van der Waals surface area (Å²) in [6, 6.07) is 5.83. The molecule has 180 valence electrons. The summed E-state index contributed by atoms with van der Waals surface area (Å²) < 4.78 is 10.8. The van der Waals surface area contributed by atoms with Gasteiger partial charge in [-0.25, -0.2) is 4.79 Å². The Balaban J connectivity index is 1.88. The van der Waals surface area contributed by atoms with Gasteiger partial charge in [-0.1, -0.05) is 19.4 Å². The number of ketones is 1. The lowest BCUT2D eigenvalue weighted by molar-refractivity contribution is -0.152. The lowest BCUT2D eigenvalue weighted by Gasteiger charge is -2.39. The van der Waals surface area contributed by atoms with Crippen LogP contribution in [0.15, 0.2) is 56.9 Å². The molecule has 3 atom stereocenters. The molecule has 1 aliphatic heterocycles. The van der Waals surface area contributed by atoms with Gasteiger partial charge in [0.25, 0.3) is 0 Å². The number of Topliss-reactive ketones (excluding diaryl/α,β-unsaturated/α-hetero) is 1. The molecule has 2 aromatic rings. The molecule has 3 heterocycles. The molecule has 4 rings (SSSR count). The van der Waals surface area contributed by atoms with Crippen LogP contribution in [0.3, 0.4) is 0 Å². The number of hydrogen-bond acceptors (Lipinski definition) is 8. The van der Waals surface area contributed by atoms with Crippen molar-refractivity contribution in [3.05, 3.63) is 67.3 Å². The van der Waals surface area contributed by atoms with Gasteiger partial charge in [-0.05, 0) is 60.5 Å². The van der Waals surface area contributed by atoms with Crippen molar-refractivity contribution >= 4 is 40.4 Å². The minimum atomic E-state index is -0.948. The Hall–Kier alpha value is -2.71. The first-order chi connectivity index (χ1) is 16.5. The molecule has 0 saturated carbocycles. The van der Waals surface area contributed by atoms with Crippen molar-refractivity contribution in [2.24, 2.45) is 5.92 Å². The predicted molar refractivity (Wildman–Crippen MR) is 133 cm³/mol. The molecule has 2 aromatic heterocycles. The Bertz CT molecular complexity index is 1110. The third-order valence-electron chi connectivity index (χ3n) is 6.22. The quantitative estimate of drug-likeness (QED) is 0.392. The minimum absolute atomic E-state index is 0.201. The maximum absolute atomic E-state index is 14.1. The topological polar surface area (TPSA) is 81.7 Å². The smallest absolute Gasteiger partial charge is 0.336 e. The number of carbonyl (C=O) groups is 3. The van der Waals surface area contributed by atoms with E-state index in [2.05, 4.69) is 12.2 Å². The first-order valence-electron chi connectivity index (χ1n) is 11.7. The highest BCUT2D eigenvalue weighted by atomic mass is 32.1. The number of hydrogen-bond donors (Lipinski definition) is 1. The lowest BCUT2D eigenvalue weighted by atomic mass is 9.68. The lowest BCUT2D eigenvalue weighted by Crippen LogP contribution is -2.43. The average molecular weight is 500 g/mol. The number of thiophene rings is 2. The van der Waals surface area contributed by atoms with Crippen LogP contribution in [0.5, 0.6) is 0 Å². The van der Waals surface area contributed by atoms with Crippen molar-refractivity contribution in [3.8, 4) is 0 Å². The highest BCUT2D eigenvalue weighted by Crippen LogP contribution is 2.49. The van der Waals surface area contributed by atoms with Crippen molar-refractivity contribution in [1.29, 1.82) is 0 Å². The molecule has 8 heteroatoms. The van der Waals surface area contributed by atoms with Gasteiger partial charge in [-0.3, -0.25) is 9.59 Å². The Morgan fingerprint density at radius 2 is 1.91 bits per heavy atom. The number of nitrogens with one attached hydrogen (secondary N) is 1. The van der Waals surface area contributed by atoms with E-state index in [-0.39, 0.29) is 24.9 Å². The molecule has 0 spiro atoms. The second kappa shape index (κ2) is 10.7. The summed E-state index contributed by atoms with van der Waals surface area (Å²) in [6.45, 7) is 6.01. The normalized spacial score (nSPS) is 22.3. The molecule has 34 heavy (non-hydrogen) atoms. The van der Waals surface area contributed by atoms with Crippen molar-refractivity contribution in [2.45, 2.75) is 51.9 Å². The van der Waals surface area contributed by atoms with E-state index in [1.165, 1.54) is 22.7 Å². The second-order valence-corrected chi connectivity index (χ2v) is 10.0. The van der Waals surface area contributed by atoms with Crippen LogP contribution >= 0.6 is 22.7 Å². The number of allylic oxidation sites excluding steroid dienone is 3. The van der Waals surface area contributed by atoms with Crippen molar-refractivity contribution in [2.75, 3.05) is 13.2 Å². The SMILES string of the molecule is CCCC1=C(C(=O)OCC)[C@@H](c2ccsc2)C2=C(C[C@@H](c3cccs3)[C@@H](C(=O)OCC)C2=O)N1. The van der Waals surface area contributed by atoms with E-state index in [4.69, 9.17) is 9.47 Å². The molecule has 0 unspecified atom stereocenters. The first kappa shape index (κ1) is 24.4. The van der Waals surface area contributed by atoms with Gasteiger partial charge >= 0.3 is 11.9 Å². The highest BCUT2D eigenvalue weighted by molar-refractivity contribution is 7.10. The molecule has 0 aromatic carbocycles. The van der Waals surface area contributed by atoms with Crippen LogP contribution in [0.1, 0.15) is 62.3 Å². The van der Waals surface area contributed by atoms with E-state index in [0.29, 0.717) is 24.0 Å². The van der Waals surface area contributed by atoms with Gasteiger partial charge in [0.2, 0.25) is 0 Å². The standard InChI is InChI=1S/C26H29NO5S2/c1-4-8-17-23(26(30)32-6-3)20(15-10-12-33-14-15)22-18(27-17)13-16(19-9-7-11-34-19)21(24(22)28)25(29)31-5-2/h7,9-12,14,16,20-21,27H,4-6,8,13H2,1-3H3/t16-,20-,21+/m0/s1. The summed E-state index contributed by atoms with van der Waals surface area (Å²) in [5.41, 5.74) is 3.39. The van der Waals surface area contributed by atoms with Crippen molar-refractivity contribution < 1.29 is 23.9 Å². The van der Waals surface area contributed by atoms with Gasteiger partial charge in [-0.2, -0.15) is 11.3 Å². The van der Waals surface area contributed by atoms with Crippen LogP contribution in [-0.2, 0) is 23.9 Å². The van der Waals surface area contributed by atoms with E-state index in [1.807, 2.05) is 34.3 Å². The van der Waals surface area contributed by atoms with Crippen LogP contribution in [0.25, 0.3) is 0 Å². The van der Waals surface area contributed by atoms with Crippen molar-refractivity contribution in [1.82, 2.24) is 5.32 Å². The summed E-state index contributed by atoms with van der Waals surface area (Å²) in [5, 5.41) is 9.29. The minimum Gasteiger partial charge on any atom is -0.465 e. The van der Waals surface area contributed by atoms with Crippen LogP contribution in [0.2, 0.25) is 0 Å². The largest absolute Gasteiger partial charge is 0.465 e. The monoisotopic (exact) mass is 499 g/mol. The summed E-state index contributed by atoms with van der Waals surface area (Å²) in [5.74, 6) is -3.05. The van der Waals surface area contributed by atoms with Gasteiger partial charge in [0, 0.05) is 33.7 Å². The third-order valence-corrected chi connectivity index (χ3v) is 7.93.